The van der Waals surface area contributed by atoms with Gasteiger partial charge in [-0.3, -0.25) is 9.69 Å². The topological polar surface area (TPSA) is 79.2 Å². The number of fused-ring (bicyclic) bond motifs is 1. The number of hydrogen-bond donors (Lipinski definition) is 1. The molecule has 2 heterocycles. The molecule has 3 rings (SSSR count). The van der Waals surface area contributed by atoms with Crippen molar-refractivity contribution >= 4 is 29.3 Å². The summed E-state index contributed by atoms with van der Waals surface area (Å²) in [6.07, 6.45) is -0.364. The molecule has 1 N–H and O–H groups in total. The Morgan fingerprint density at radius 2 is 2.17 bits per heavy atom. The van der Waals surface area contributed by atoms with Crippen molar-refractivity contribution in [3.8, 4) is 0 Å². The molecule has 6 nitrogen and oxygen atoms in total. The number of amidine groups is 1. The first-order valence-corrected chi connectivity index (χ1v) is 10.6. The maximum absolute atomic E-state index is 15.0. The number of ether oxygens (including phenoxy) is 1. The Balaban J connectivity index is 2.27. The molecule has 0 aromatic heterocycles. The molecule has 1 aromatic rings. The molecule has 2 aliphatic rings. The Morgan fingerprint density at radius 3 is 2.73 bits per heavy atom. The van der Waals surface area contributed by atoms with E-state index >= 15 is 4.39 Å². The Hall–Kier alpha value is -2.00. The number of carboxylic acid groups (broad SMARTS) is 1. The number of aldehydes is 1. The molecular weight excluding hydrogens is 414 g/mol. The molecule has 4 atom stereocenters. The standard InChI is InChI=1S/C21H26F2N2O4S/c1-12-7-15-17(9-22)30-18(25(19(27)28)20(2,3)4)24-21(15,11-29-12)14-8-13(10-26)5-6-16(14)23/h5-6,8,10,12,15,17H,7,9,11H2,1-4H3,(H,27,28)/t12-,15-,17+,21+/m0/s1. The summed E-state index contributed by atoms with van der Waals surface area (Å²) in [5.74, 6) is -1.01. The molecule has 0 aliphatic carbocycles. The summed E-state index contributed by atoms with van der Waals surface area (Å²) in [7, 11) is 0. The normalized spacial score (nSPS) is 29.0. The zero-order chi connectivity index (χ0) is 22.3. The number of amides is 1. The van der Waals surface area contributed by atoms with Gasteiger partial charge >= 0.3 is 6.09 Å². The first kappa shape index (κ1) is 22.7. The molecular formula is C21H26F2N2O4S. The van der Waals surface area contributed by atoms with Crippen LogP contribution in [0.15, 0.2) is 23.2 Å². The van der Waals surface area contributed by atoms with E-state index < -0.39 is 40.8 Å². The van der Waals surface area contributed by atoms with E-state index in [9.17, 15) is 19.1 Å². The van der Waals surface area contributed by atoms with Crippen molar-refractivity contribution in [1.82, 2.24) is 4.90 Å². The minimum Gasteiger partial charge on any atom is -0.465 e. The second-order valence-corrected chi connectivity index (χ2v) is 9.95. The molecule has 0 spiro atoms. The van der Waals surface area contributed by atoms with Gasteiger partial charge in [0.25, 0.3) is 0 Å². The number of rotatable bonds is 3. The summed E-state index contributed by atoms with van der Waals surface area (Å²) in [4.78, 5) is 29.2. The van der Waals surface area contributed by atoms with E-state index in [0.717, 1.165) is 16.7 Å². The first-order chi connectivity index (χ1) is 14.0. The van der Waals surface area contributed by atoms with Gasteiger partial charge < -0.3 is 9.84 Å². The molecule has 1 amide bonds. The highest BCUT2D eigenvalue weighted by molar-refractivity contribution is 8.14. The number of nitrogens with zero attached hydrogens (tertiary/aromatic N) is 2. The van der Waals surface area contributed by atoms with Crippen molar-refractivity contribution in [3.63, 3.8) is 0 Å². The maximum atomic E-state index is 15.0. The number of hydrogen-bond acceptors (Lipinski definition) is 5. The highest BCUT2D eigenvalue weighted by Crippen LogP contribution is 2.51. The predicted octanol–water partition coefficient (Wildman–Crippen LogP) is 4.48. The lowest BCUT2D eigenvalue weighted by Crippen LogP contribution is -2.57. The monoisotopic (exact) mass is 440 g/mol. The lowest BCUT2D eigenvalue weighted by molar-refractivity contribution is -0.0563. The third-order valence-corrected chi connectivity index (χ3v) is 6.83. The first-order valence-electron chi connectivity index (χ1n) is 9.76. The Labute approximate surface area is 178 Å². The molecule has 0 unspecified atom stereocenters. The summed E-state index contributed by atoms with van der Waals surface area (Å²) in [6, 6.07) is 3.95. The molecule has 164 valence electrons. The van der Waals surface area contributed by atoms with Crippen molar-refractivity contribution in [1.29, 1.82) is 0 Å². The number of benzene rings is 1. The van der Waals surface area contributed by atoms with Crippen LogP contribution in [-0.4, -0.2) is 57.7 Å². The summed E-state index contributed by atoms with van der Waals surface area (Å²) in [5, 5.41) is 9.30. The fourth-order valence-corrected chi connectivity index (χ4v) is 5.68. The fourth-order valence-electron chi connectivity index (χ4n) is 4.17. The number of thioether (sulfide) groups is 1. The zero-order valence-corrected chi connectivity index (χ0v) is 18.2. The summed E-state index contributed by atoms with van der Waals surface area (Å²) in [6.45, 7) is 6.23. The number of halogens is 2. The second-order valence-electron chi connectivity index (χ2n) is 8.74. The van der Waals surface area contributed by atoms with Gasteiger partial charge in [0, 0.05) is 27.8 Å². The van der Waals surface area contributed by atoms with Gasteiger partial charge in [0.1, 0.15) is 24.3 Å². The molecule has 9 heteroatoms. The maximum Gasteiger partial charge on any atom is 0.413 e. The van der Waals surface area contributed by atoms with Gasteiger partial charge in [-0.1, -0.05) is 11.8 Å². The van der Waals surface area contributed by atoms with Crippen molar-refractivity contribution in [2.45, 2.75) is 56.5 Å². The number of aliphatic imine (C=N–C) groups is 1. The summed E-state index contributed by atoms with van der Waals surface area (Å²) in [5.41, 5.74) is -1.79. The summed E-state index contributed by atoms with van der Waals surface area (Å²) >= 11 is 1.06. The van der Waals surface area contributed by atoms with Gasteiger partial charge in [-0.25, -0.2) is 18.6 Å². The zero-order valence-electron chi connectivity index (χ0n) is 17.4. The molecule has 0 radical (unpaired) electrons. The largest absolute Gasteiger partial charge is 0.465 e. The van der Waals surface area contributed by atoms with Gasteiger partial charge in [0.15, 0.2) is 5.17 Å². The van der Waals surface area contributed by atoms with E-state index in [1.54, 1.807) is 20.8 Å². The molecule has 2 aliphatic heterocycles. The molecule has 30 heavy (non-hydrogen) atoms. The molecule has 1 fully saturated rings. The van der Waals surface area contributed by atoms with Crippen LogP contribution in [-0.2, 0) is 10.3 Å². The van der Waals surface area contributed by atoms with Gasteiger partial charge in [-0.05, 0) is 52.3 Å². The van der Waals surface area contributed by atoms with E-state index in [0.29, 0.717) is 12.7 Å². The van der Waals surface area contributed by atoms with Crippen LogP contribution in [0, 0.1) is 11.7 Å². The van der Waals surface area contributed by atoms with Crippen LogP contribution < -0.4 is 0 Å². The molecule has 0 bridgehead atoms. The minimum atomic E-state index is -1.33. The lowest BCUT2D eigenvalue weighted by Gasteiger charge is -2.50. The Bertz CT molecular complexity index is 873. The Kier molecular flexibility index (Phi) is 6.25. The van der Waals surface area contributed by atoms with Crippen LogP contribution in [0.2, 0.25) is 0 Å². The molecule has 1 aromatic carbocycles. The van der Waals surface area contributed by atoms with Crippen LogP contribution in [0.25, 0.3) is 0 Å². The van der Waals surface area contributed by atoms with Crippen LogP contribution in [0.1, 0.15) is 50.0 Å². The van der Waals surface area contributed by atoms with Crippen LogP contribution in [0.5, 0.6) is 0 Å². The lowest BCUT2D eigenvalue weighted by atomic mass is 9.72. The van der Waals surface area contributed by atoms with E-state index in [4.69, 9.17) is 9.73 Å². The number of alkyl halides is 1. The van der Waals surface area contributed by atoms with Crippen LogP contribution in [0.4, 0.5) is 13.6 Å². The second kappa shape index (κ2) is 8.26. The Morgan fingerprint density at radius 1 is 1.47 bits per heavy atom. The minimum absolute atomic E-state index is 0.0315. The highest BCUT2D eigenvalue weighted by atomic mass is 32.2. The average molecular weight is 441 g/mol. The predicted molar refractivity (Wildman–Crippen MR) is 111 cm³/mol. The third-order valence-electron chi connectivity index (χ3n) is 5.59. The molecule has 1 saturated heterocycles. The molecule has 0 saturated carbocycles. The quantitative estimate of drug-likeness (QED) is 0.701. The third kappa shape index (κ3) is 3.97. The van der Waals surface area contributed by atoms with E-state index in [1.165, 1.54) is 18.2 Å². The SMILES string of the molecule is C[C@H]1C[C@H]2[C@@H](CF)SC(N(C(=O)O)C(C)(C)C)=N[C@@]2(c2cc(C=O)ccc2F)CO1. The smallest absolute Gasteiger partial charge is 0.413 e. The van der Waals surface area contributed by atoms with E-state index in [-0.39, 0.29) is 29.0 Å². The van der Waals surface area contributed by atoms with Crippen LogP contribution >= 0.6 is 11.8 Å². The average Bonchev–Trinajstić information content (AvgIpc) is 2.66. The van der Waals surface area contributed by atoms with Gasteiger partial charge in [-0.15, -0.1) is 0 Å². The fraction of sp³-hybridized carbons (Fsp3) is 0.571. The van der Waals surface area contributed by atoms with Crippen molar-refractivity contribution in [3.05, 3.63) is 35.1 Å². The van der Waals surface area contributed by atoms with Crippen molar-refractivity contribution < 1.29 is 28.2 Å². The van der Waals surface area contributed by atoms with Crippen molar-refractivity contribution in [2.75, 3.05) is 13.3 Å². The summed E-state index contributed by atoms with van der Waals surface area (Å²) < 4.78 is 35.1. The van der Waals surface area contributed by atoms with Crippen LogP contribution in [0.3, 0.4) is 0 Å². The van der Waals surface area contributed by atoms with Gasteiger partial charge in [-0.2, -0.15) is 0 Å². The number of carbonyl (C=O) groups excluding carboxylic acids is 1. The van der Waals surface area contributed by atoms with Gasteiger partial charge in [0.05, 0.1) is 12.7 Å². The highest BCUT2D eigenvalue weighted by Gasteiger charge is 2.54. The van der Waals surface area contributed by atoms with E-state index in [1.807, 2.05) is 6.92 Å². The number of carbonyl (C=O) groups is 2. The van der Waals surface area contributed by atoms with E-state index in [2.05, 4.69) is 0 Å². The van der Waals surface area contributed by atoms with Gasteiger partial charge in [0.2, 0.25) is 0 Å². The van der Waals surface area contributed by atoms with Crippen molar-refractivity contribution in [2.24, 2.45) is 10.9 Å².